The number of nitrogens with zero attached hydrogens (tertiary/aromatic N) is 1. The molecule has 0 saturated carbocycles. The molecular formula is C15H20N2O2. The van der Waals surface area contributed by atoms with Gasteiger partial charge in [0.2, 0.25) is 0 Å². The molecular weight excluding hydrogens is 240 g/mol. The van der Waals surface area contributed by atoms with Crippen LogP contribution in [0.2, 0.25) is 0 Å². The van der Waals surface area contributed by atoms with Gasteiger partial charge < -0.3 is 10.4 Å². The van der Waals surface area contributed by atoms with Crippen molar-refractivity contribution in [2.45, 2.75) is 39.2 Å². The average molecular weight is 260 g/mol. The molecule has 0 bridgehead atoms. The highest BCUT2D eigenvalue weighted by molar-refractivity contribution is 5.96. The lowest BCUT2D eigenvalue weighted by Gasteiger charge is -2.15. The first-order chi connectivity index (χ1) is 9.22. The fourth-order valence-corrected chi connectivity index (χ4v) is 1.66. The summed E-state index contributed by atoms with van der Waals surface area (Å²) in [6, 6.07) is 1.85. The predicted molar refractivity (Wildman–Crippen MR) is 74.7 cm³/mol. The summed E-state index contributed by atoms with van der Waals surface area (Å²) in [5.41, 5.74) is 1.13. The summed E-state index contributed by atoms with van der Waals surface area (Å²) in [6.07, 6.45) is 5.35. The predicted octanol–water partition coefficient (Wildman–Crippen LogP) is 1.73. The second-order valence-electron chi connectivity index (χ2n) is 4.18. The number of hydrogen-bond donors (Lipinski definition) is 2. The van der Waals surface area contributed by atoms with Crippen LogP contribution in [0.3, 0.4) is 0 Å². The van der Waals surface area contributed by atoms with Crippen LogP contribution in [0.4, 0.5) is 0 Å². The number of aliphatic hydroxyl groups is 1. The summed E-state index contributed by atoms with van der Waals surface area (Å²) in [5.74, 6) is 5.56. The first-order valence-electron chi connectivity index (χ1n) is 6.57. The lowest BCUT2D eigenvalue weighted by Crippen LogP contribution is -2.34. The van der Waals surface area contributed by atoms with E-state index in [4.69, 9.17) is 5.11 Å². The van der Waals surface area contributed by atoms with Gasteiger partial charge >= 0.3 is 0 Å². The van der Waals surface area contributed by atoms with Crippen molar-refractivity contribution < 1.29 is 9.90 Å². The van der Waals surface area contributed by atoms with Gasteiger partial charge in [0, 0.05) is 24.9 Å². The lowest BCUT2D eigenvalue weighted by molar-refractivity contribution is 0.0934. The molecule has 0 fully saturated rings. The van der Waals surface area contributed by atoms with Gasteiger partial charge in [0.15, 0.2) is 0 Å². The van der Waals surface area contributed by atoms with Gasteiger partial charge in [-0.1, -0.05) is 25.7 Å². The van der Waals surface area contributed by atoms with Gasteiger partial charge in [-0.25, -0.2) is 0 Å². The second kappa shape index (κ2) is 8.28. The van der Waals surface area contributed by atoms with E-state index in [0.717, 1.165) is 12.8 Å². The van der Waals surface area contributed by atoms with Crippen molar-refractivity contribution in [1.82, 2.24) is 10.3 Å². The molecule has 0 aliphatic heterocycles. The number of carbonyl (C=O) groups is 1. The zero-order valence-corrected chi connectivity index (χ0v) is 11.4. The van der Waals surface area contributed by atoms with Gasteiger partial charge in [0.1, 0.15) is 0 Å². The van der Waals surface area contributed by atoms with Gasteiger partial charge in [-0.05, 0) is 18.9 Å². The Hall–Kier alpha value is -1.86. The molecule has 4 nitrogen and oxygen atoms in total. The maximum absolute atomic E-state index is 12.2. The standard InChI is InChI=1S/C15H20N2O2/c1-3-13(4-2)17-15(19)14-8-9-16-11-12(14)7-5-6-10-18/h8-9,11,13,18H,3-4,6,10H2,1-2H3,(H,17,19). The minimum absolute atomic E-state index is 0.0164. The molecule has 19 heavy (non-hydrogen) atoms. The van der Waals surface area contributed by atoms with Crippen molar-refractivity contribution in [3.8, 4) is 11.8 Å². The van der Waals surface area contributed by atoms with Gasteiger partial charge in [0.25, 0.3) is 5.91 Å². The summed E-state index contributed by atoms with van der Waals surface area (Å²) in [7, 11) is 0. The molecule has 0 saturated heterocycles. The molecule has 2 N–H and O–H groups in total. The van der Waals surface area contributed by atoms with E-state index in [2.05, 4.69) is 22.1 Å². The Morgan fingerprint density at radius 1 is 1.47 bits per heavy atom. The Morgan fingerprint density at radius 3 is 2.84 bits per heavy atom. The van der Waals surface area contributed by atoms with Crippen LogP contribution in [-0.2, 0) is 0 Å². The number of rotatable bonds is 5. The molecule has 1 aromatic rings. The topological polar surface area (TPSA) is 62.2 Å². The zero-order valence-electron chi connectivity index (χ0n) is 11.4. The highest BCUT2D eigenvalue weighted by Crippen LogP contribution is 2.07. The van der Waals surface area contributed by atoms with E-state index in [-0.39, 0.29) is 18.6 Å². The summed E-state index contributed by atoms with van der Waals surface area (Å²) in [5, 5.41) is 11.7. The van der Waals surface area contributed by atoms with E-state index in [1.807, 2.05) is 13.8 Å². The van der Waals surface area contributed by atoms with Crippen LogP contribution in [0, 0.1) is 11.8 Å². The SMILES string of the molecule is CCC(CC)NC(=O)c1ccncc1C#CCCO. The third kappa shape index (κ3) is 4.72. The molecule has 0 atom stereocenters. The van der Waals surface area contributed by atoms with Crippen molar-refractivity contribution >= 4 is 5.91 Å². The van der Waals surface area contributed by atoms with E-state index in [1.54, 1.807) is 18.5 Å². The zero-order chi connectivity index (χ0) is 14.1. The maximum atomic E-state index is 12.2. The van der Waals surface area contributed by atoms with Crippen LogP contribution in [0.1, 0.15) is 49.0 Å². The first-order valence-corrected chi connectivity index (χ1v) is 6.57. The van der Waals surface area contributed by atoms with Crippen molar-refractivity contribution in [3.05, 3.63) is 29.6 Å². The molecule has 1 rings (SSSR count). The molecule has 0 aromatic carbocycles. The Kier molecular flexibility index (Phi) is 6.62. The third-order valence-electron chi connectivity index (χ3n) is 2.85. The summed E-state index contributed by atoms with van der Waals surface area (Å²) < 4.78 is 0. The molecule has 102 valence electrons. The molecule has 0 aliphatic carbocycles. The number of carbonyl (C=O) groups excluding carboxylic acids is 1. The Morgan fingerprint density at radius 2 is 2.21 bits per heavy atom. The lowest BCUT2D eigenvalue weighted by atomic mass is 10.1. The number of pyridine rings is 1. The third-order valence-corrected chi connectivity index (χ3v) is 2.85. The van der Waals surface area contributed by atoms with E-state index in [9.17, 15) is 4.79 Å². The minimum Gasteiger partial charge on any atom is -0.395 e. The van der Waals surface area contributed by atoms with Crippen LogP contribution >= 0.6 is 0 Å². The minimum atomic E-state index is -0.121. The number of amides is 1. The van der Waals surface area contributed by atoms with E-state index in [0.29, 0.717) is 17.5 Å². The van der Waals surface area contributed by atoms with Crippen LogP contribution in [0.15, 0.2) is 18.5 Å². The van der Waals surface area contributed by atoms with Gasteiger partial charge in [-0.15, -0.1) is 0 Å². The Labute approximate surface area is 114 Å². The highest BCUT2D eigenvalue weighted by Gasteiger charge is 2.13. The average Bonchev–Trinajstić information content (AvgIpc) is 2.45. The van der Waals surface area contributed by atoms with Crippen LogP contribution in [-0.4, -0.2) is 28.6 Å². The summed E-state index contributed by atoms with van der Waals surface area (Å²) in [4.78, 5) is 16.2. The number of nitrogens with one attached hydrogen (secondary N) is 1. The molecule has 1 amide bonds. The largest absolute Gasteiger partial charge is 0.395 e. The van der Waals surface area contributed by atoms with E-state index >= 15 is 0 Å². The second-order valence-corrected chi connectivity index (χ2v) is 4.18. The van der Waals surface area contributed by atoms with Crippen LogP contribution in [0.25, 0.3) is 0 Å². The van der Waals surface area contributed by atoms with E-state index in [1.165, 1.54) is 0 Å². The normalized spacial score (nSPS) is 9.89. The fourth-order valence-electron chi connectivity index (χ4n) is 1.66. The number of aromatic nitrogens is 1. The Balaban J connectivity index is 2.88. The molecule has 0 radical (unpaired) electrons. The van der Waals surface area contributed by atoms with Gasteiger partial charge in [-0.2, -0.15) is 0 Å². The van der Waals surface area contributed by atoms with Crippen molar-refractivity contribution in [1.29, 1.82) is 0 Å². The maximum Gasteiger partial charge on any atom is 0.252 e. The number of hydrogen-bond acceptors (Lipinski definition) is 3. The van der Waals surface area contributed by atoms with Crippen molar-refractivity contribution in [3.63, 3.8) is 0 Å². The summed E-state index contributed by atoms with van der Waals surface area (Å²) in [6.45, 7) is 4.11. The molecule has 1 aromatic heterocycles. The van der Waals surface area contributed by atoms with Gasteiger partial charge in [-0.3, -0.25) is 9.78 Å². The van der Waals surface area contributed by atoms with Crippen molar-refractivity contribution in [2.24, 2.45) is 0 Å². The van der Waals surface area contributed by atoms with Crippen LogP contribution < -0.4 is 5.32 Å². The molecule has 1 heterocycles. The van der Waals surface area contributed by atoms with E-state index < -0.39 is 0 Å². The molecule has 4 heteroatoms. The highest BCUT2D eigenvalue weighted by atomic mass is 16.2. The molecule has 0 spiro atoms. The van der Waals surface area contributed by atoms with Crippen molar-refractivity contribution in [2.75, 3.05) is 6.61 Å². The molecule has 0 unspecified atom stereocenters. The smallest absolute Gasteiger partial charge is 0.252 e. The Bertz CT molecular complexity index is 471. The van der Waals surface area contributed by atoms with Crippen LogP contribution in [0.5, 0.6) is 0 Å². The quantitative estimate of drug-likeness (QED) is 0.793. The summed E-state index contributed by atoms with van der Waals surface area (Å²) >= 11 is 0. The fraction of sp³-hybridized carbons (Fsp3) is 0.467. The molecule has 0 aliphatic rings. The monoisotopic (exact) mass is 260 g/mol. The first kappa shape index (κ1) is 15.2. The van der Waals surface area contributed by atoms with Gasteiger partial charge in [0.05, 0.1) is 17.7 Å². The number of aliphatic hydroxyl groups excluding tert-OH is 1.